The summed E-state index contributed by atoms with van der Waals surface area (Å²) in [5.74, 6) is -0.273. The number of fused-ring (bicyclic) bond motifs is 1. The molecule has 1 aromatic heterocycles. The van der Waals surface area contributed by atoms with Crippen molar-refractivity contribution < 1.29 is 14.3 Å². The van der Waals surface area contributed by atoms with Crippen LogP contribution in [-0.4, -0.2) is 23.0 Å². The minimum atomic E-state index is -0.803. The highest BCUT2D eigenvalue weighted by atomic mass is 32.1. The highest BCUT2D eigenvalue weighted by molar-refractivity contribution is 7.18. The van der Waals surface area contributed by atoms with Gasteiger partial charge < -0.3 is 10.1 Å². The van der Waals surface area contributed by atoms with E-state index in [1.165, 1.54) is 4.70 Å². The SMILES string of the molecule is C[C@H](OC(=O)[C@H]1C[C@H]1C)C(=O)Nc1ccc(Cc2nc3ccccc3s2)cc1. The molecule has 1 saturated carbocycles. The topological polar surface area (TPSA) is 68.3 Å². The number of rotatable bonds is 6. The number of amides is 1. The fourth-order valence-electron chi connectivity index (χ4n) is 3.09. The van der Waals surface area contributed by atoms with Crippen molar-refractivity contribution in [3.05, 3.63) is 59.1 Å². The quantitative estimate of drug-likeness (QED) is 0.629. The van der Waals surface area contributed by atoms with Crippen molar-refractivity contribution in [2.24, 2.45) is 11.8 Å². The summed E-state index contributed by atoms with van der Waals surface area (Å²) in [6, 6.07) is 15.8. The summed E-state index contributed by atoms with van der Waals surface area (Å²) in [7, 11) is 0. The maximum Gasteiger partial charge on any atom is 0.309 e. The van der Waals surface area contributed by atoms with Crippen LogP contribution in [0.5, 0.6) is 0 Å². The van der Waals surface area contributed by atoms with Crippen molar-refractivity contribution in [2.45, 2.75) is 32.8 Å². The summed E-state index contributed by atoms with van der Waals surface area (Å²) in [4.78, 5) is 28.8. The Bertz CT molecular complexity index is 979. The standard InChI is InChI=1S/C22H22N2O3S/c1-13-11-17(13)22(26)27-14(2)21(25)23-16-9-7-15(8-10-16)12-20-24-18-5-3-4-6-19(18)28-20/h3-10,13-14,17H,11-12H2,1-2H3,(H,23,25)/t13-,14+,17+/m1/s1. The third kappa shape index (κ3) is 4.22. The van der Waals surface area contributed by atoms with E-state index in [0.717, 1.165) is 28.9 Å². The molecule has 2 aromatic carbocycles. The lowest BCUT2D eigenvalue weighted by Crippen LogP contribution is -2.30. The van der Waals surface area contributed by atoms with Crippen molar-refractivity contribution in [1.29, 1.82) is 0 Å². The van der Waals surface area contributed by atoms with E-state index in [2.05, 4.69) is 16.4 Å². The van der Waals surface area contributed by atoms with Gasteiger partial charge in [0, 0.05) is 12.1 Å². The molecule has 4 rings (SSSR count). The van der Waals surface area contributed by atoms with Gasteiger partial charge in [-0.25, -0.2) is 4.98 Å². The number of thiazole rings is 1. The molecule has 1 aliphatic rings. The first-order valence-corrected chi connectivity index (χ1v) is 10.3. The van der Waals surface area contributed by atoms with E-state index >= 15 is 0 Å². The number of carbonyl (C=O) groups excluding carboxylic acids is 2. The van der Waals surface area contributed by atoms with Crippen LogP contribution in [0, 0.1) is 11.8 Å². The fraction of sp³-hybridized carbons (Fsp3) is 0.318. The summed E-state index contributed by atoms with van der Waals surface area (Å²) in [5, 5.41) is 3.86. The lowest BCUT2D eigenvalue weighted by atomic mass is 10.1. The van der Waals surface area contributed by atoms with Gasteiger partial charge in [0.15, 0.2) is 6.10 Å². The molecule has 6 heteroatoms. The maximum atomic E-state index is 12.3. The van der Waals surface area contributed by atoms with Crippen LogP contribution in [0.15, 0.2) is 48.5 Å². The van der Waals surface area contributed by atoms with Crippen LogP contribution in [0.25, 0.3) is 10.2 Å². The zero-order valence-corrected chi connectivity index (χ0v) is 16.7. The molecule has 5 nitrogen and oxygen atoms in total. The monoisotopic (exact) mass is 394 g/mol. The number of hydrogen-bond acceptors (Lipinski definition) is 5. The number of anilines is 1. The number of benzene rings is 2. The van der Waals surface area contributed by atoms with Gasteiger partial charge >= 0.3 is 5.97 Å². The van der Waals surface area contributed by atoms with Crippen molar-refractivity contribution in [1.82, 2.24) is 4.98 Å². The van der Waals surface area contributed by atoms with Gasteiger partial charge in [0.1, 0.15) is 0 Å². The molecule has 0 aliphatic heterocycles. The third-order valence-corrected chi connectivity index (χ3v) is 6.03. The van der Waals surface area contributed by atoms with Crippen LogP contribution in [0.3, 0.4) is 0 Å². The highest BCUT2D eigenvalue weighted by Gasteiger charge is 2.41. The molecule has 144 valence electrons. The first-order valence-electron chi connectivity index (χ1n) is 9.44. The van der Waals surface area contributed by atoms with Gasteiger partial charge in [0.2, 0.25) is 0 Å². The van der Waals surface area contributed by atoms with E-state index in [-0.39, 0.29) is 17.8 Å². The fourth-order valence-corrected chi connectivity index (χ4v) is 4.09. The molecule has 3 atom stereocenters. The van der Waals surface area contributed by atoms with Crippen molar-refractivity contribution in [3.8, 4) is 0 Å². The average Bonchev–Trinajstić information content (AvgIpc) is 3.27. The number of nitrogens with one attached hydrogen (secondary N) is 1. The average molecular weight is 394 g/mol. The Kier molecular flexibility index (Phi) is 5.13. The Morgan fingerprint density at radius 2 is 1.93 bits per heavy atom. The smallest absolute Gasteiger partial charge is 0.309 e. The first kappa shape index (κ1) is 18.6. The van der Waals surface area contributed by atoms with E-state index in [4.69, 9.17) is 4.74 Å². The summed E-state index contributed by atoms with van der Waals surface area (Å²) in [5.41, 5.74) is 2.83. The second-order valence-corrected chi connectivity index (χ2v) is 8.45. The third-order valence-electron chi connectivity index (χ3n) is 4.99. The van der Waals surface area contributed by atoms with Crippen LogP contribution >= 0.6 is 11.3 Å². The van der Waals surface area contributed by atoms with Crippen molar-refractivity contribution in [3.63, 3.8) is 0 Å². The van der Waals surface area contributed by atoms with Crippen LogP contribution in [0.4, 0.5) is 5.69 Å². The summed E-state index contributed by atoms with van der Waals surface area (Å²) in [6.45, 7) is 3.61. The molecule has 0 unspecified atom stereocenters. The number of para-hydroxylation sites is 1. The predicted octanol–water partition coefficient (Wildman–Crippen LogP) is 4.41. The highest BCUT2D eigenvalue weighted by Crippen LogP contribution is 2.38. The lowest BCUT2D eigenvalue weighted by Gasteiger charge is -2.13. The molecule has 1 fully saturated rings. The van der Waals surface area contributed by atoms with Gasteiger partial charge in [0.05, 0.1) is 21.1 Å². The summed E-state index contributed by atoms with van der Waals surface area (Å²) < 4.78 is 6.44. The number of esters is 1. The Hall–Kier alpha value is -2.73. The van der Waals surface area contributed by atoms with Crippen LogP contribution in [-0.2, 0) is 20.7 Å². The van der Waals surface area contributed by atoms with Gasteiger partial charge in [0.25, 0.3) is 5.91 Å². The van der Waals surface area contributed by atoms with Crippen molar-refractivity contribution >= 4 is 39.1 Å². The summed E-state index contributed by atoms with van der Waals surface area (Å²) in [6.07, 6.45) is 0.799. The number of nitrogens with zero attached hydrogens (tertiary/aromatic N) is 1. The predicted molar refractivity (Wildman–Crippen MR) is 110 cm³/mol. The van der Waals surface area contributed by atoms with Crippen LogP contribution < -0.4 is 5.32 Å². The molecule has 0 saturated heterocycles. The zero-order valence-electron chi connectivity index (χ0n) is 15.8. The molecule has 0 radical (unpaired) electrons. The maximum absolute atomic E-state index is 12.3. The molecular weight excluding hydrogens is 372 g/mol. The Balaban J connectivity index is 1.33. The molecule has 1 heterocycles. The molecular formula is C22H22N2O3S. The molecule has 1 amide bonds. The van der Waals surface area contributed by atoms with Crippen molar-refractivity contribution in [2.75, 3.05) is 5.32 Å². The van der Waals surface area contributed by atoms with Gasteiger partial charge in [-0.05, 0) is 49.1 Å². The number of hydrogen-bond donors (Lipinski definition) is 1. The molecule has 1 N–H and O–H groups in total. The molecule has 28 heavy (non-hydrogen) atoms. The summed E-state index contributed by atoms with van der Waals surface area (Å²) >= 11 is 1.69. The number of ether oxygens (including phenoxy) is 1. The van der Waals surface area contributed by atoms with E-state index in [1.807, 2.05) is 49.4 Å². The van der Waals surface area contributed by atoms with E-state index in [0.29, 0.717) is 11.6 Å². The normalized spacial score (nSPS) is 19.2. The van der Waals surface area contributed by atoms with Gasteiger partial charge in [-0.3, -0.25) is 9.59 Å². The molecule has 3 aromatic rings. The number of aromatic nitrogens is 1. The molecule has 0 spiro atoms. The lowest BCUT2D eigenvalue weighted by molar-refractivity contribution is -0.154. The Morgan fingerprint density at radius 3 is 2.61 bits per heavy atom. The second-order valence-electron chi connectivity index (χ2n) is 7.34. The minimum absolute atomic E-state index is 0.0444. The van der Waals surface area contributed by atoms with Crippen LogP contribution in [0.1, 0.15) is 30.8 Å². The Morgan fingerprint density at radius 1 is 1.21 bits per heavy atom. The minimum Gasteiger partial charge on any atom is -0.452 e. The van der Waals surface area contributed by atoms with E-state index in [9.17, 15) is 9.59 Å². The molecule has 0 bridgehead atoms. The van der Waals surface area contributed by atoms with E-state index < -0.39 is 6.10 Å². The largest absolute Gasteiger partial charge is 0.452 e. The van der Waals surface area contributed by atoms with Crippen LogP contribution in [0.2, 0.25) is 0 Å². The number of carbonyl (C=O) groups is 2. The zero-order chi connectivity index (χ0) is 19.7. The first-order chi connectivity index (χ1) is 13.5. The Labute approximate surface area is 167 Å². The van der Waals surface area contributed by atoms with Gasteiger partial charge in [-0.1, -0.05) is 31.2 Å². The van der Waals surface area contributed by atoms with E-state index in [1.54, 1.807) is 18.3 Å². The molecule has 1 aliphatic carbocycles. The second kappa shape index (κ2) is 7.72. The van der Waals surface area contributed by atoms with Gasteiger partial charge in [-0.2, -0.15) is 0 Å². The van der Waals surface area contributed by atoms with Gasteiger partial charge in [-0.15, -0.1) is 11.3 Å².